The summed E-state index contributed by atoms with van der Waals surface area (Å²) in [6, 6.07) is -0.793. The van der Waals surface area contributed by atoms with Gasteiger partial charge in [0, 0.05) is 18.9 Å². The monoisotopic (exact) mass is 185 g/mol. The van der Waals surface area contributed by atoms with E-state index in [0.717, 1.165) is 0 Å². The highest BCUT2D eigenvalue weighted by Gasteiger charge is 2.16. The van der Waals surface area contributed by atoms with Crippen LogP contribution < -0.4 is 10.6 Å². The molecule has 0 saturated heterocycles. The van der Waals surface area contributed by atoms with Gasteiger partial charge in [-0.05, 0) is 5.53 Å². The van der Waals surface area contributed by atoms with Crippen LogP contribution in [0.25, 0.3) is 10.4 Å². The van der Waals surface area contributed by atoms with Crippen molar-refractivity contribution in [2.24, 2.45) is 5.11 Å². The normalized spacial score (nSPS) is 10.9. The van der Waals surface area contributed by atoms with Crippen molar-refractivity contribution in [3.63, 3.8) is 0 Å². The Kier molecular flexibility index (Phi) is 5.06. The minimum absolute atomic E-state index is 0.0875. The van der Waals surface area contributed by atoms with Crippen molar-refractivity contribution < 1.29 is 9.59 Å². The Hall–Kier alpha value is -1.75. The van der Waals surface area contributed by atoms with Gasteiger partial charge in [-0.25, -0.2) is 0 Å². The fraction of sp³-hybridized carbons (Fsp3) is 0.667. The molecule has 0 aromatic carbocycles. The number of nitrogens with one attached hydrogen (secondary N) is 2. The predicted molar refractivity (Wildman–Crippen MR) is 45.7 cm³/mol. The molecule has 0 spiro atoms. The number of likely N-dealkylation sites (N-methyl/N-ethyl adjacent to an activating group) is 1. The van der Waals surface area contributed by atoms with Crippen molar-refractivity contribution >= 4 is 11.8 Å². The van der Waals surface area contributed by atoms with Crippen molar-refractivity contribution in [1.29, 1.82) is 0 Å². The standard InChI is InChI=1S/C6H11N5O2/c1-4(12)10-5(3-9-11-7)6(13)8-2/h5H,3H2,1-2H3,(H,8,13)(H,10,12)/t5-/m0/s1. The SMILES string of the molecule is CNC(=O)[C@H](CN=[N+]=[N-])NC(C)=O. The topological polar surface area (TPSA) is 107 Å². The summed E-state index contributed by atoms with van der Waals surface area (Å²) in [5.41, 5.74) is 8.02. The van der Waals surface area contributed by atoms with Gasteiger partial charge in [0.25, 0.3) is 0 Å². The second-order valence-corrected chi connectivity index (χ2v) is 2.28. The van der Waals surface area contributed by atoms with E-state index in [4.69, 9.17) is 5.53 Å². The van der Waals surface area contributed by atoms with Gasteiger partial charge >= 0.3 is 0 Å². The van der Waals surface area contributed by atoms with Crippen LogP contribution in [-0.4, -0.2) is 31.4 Å². The number of hydrogen-bond acceptors (Lipinski definition) is 3. The predicted octanol–water partition coefficient (Wildman–Crippen LogP) is -0.453. The van der Waals surface area contributed by atoms with Crippen LogP contribution in [0.4, 0.5) is 0 Å². The van der Waals surface area contributed by atoms with Crippen LogP contribution in [0.3, 0.4) is 0 Å². The van der Waals surface area contributed by atoms with Gasteiger partial charge in [-0.2, -0.15) is 0 Å². The van der Waals surface area contributed by atoms with Crippen molar-refractivity contribution in [2.45, 2.75) is 13.0 Å². The van der Waals surface area contributed by atoms with Crippen LogP contribution >= 0.6 is 0 Å². The van der Waals surface area contributed by atoms with E-state index in [9.17, 15) is 9.59 Å². The van der Waals surface area contributed by atoms with Crippen LogP contribution in [0, 0.1) is 0 Å². The van der Waals surface area contributed by atoms with E-state index in [1.165, 1.54) is 14.0 Å². The molecule has 0 radical (unpaired) electrons. The third-order valence-electron chi connectivity index (χ3n) is 1.27. The molecular weight excluding hydrogens is 174 g/mol. The first-order valence-corrected chi connectivity index (χ1v) is 3.61. The lowest BCUT2D eigenvalue weighted by Crippen LogP contribution is -2.46. The molecule has 72 valence electrons. The molecule has 0 unspecified atom stereocenters. The van der Waals surface area contributed by atoms with Gasteiger partial charge in [0.15, 0.2) is 0 Å². The molecule has 0 aliphatic heterocycles. The maximum absolute atomic E-state index is 11.0. The Morgan fingerprint density at radius 2 is 2.23 bits per heavy atom. The van der Waals surface area contributed by atoms with Crippen molar-refractivity contribution in [3.8, 4) is 0 Å². The van der Waals surface area contributed by atoms with Crippen molar-refractivity contribution in [3.05, 3.63) is 10.4 Å². The quantitative estimate of drug-likeness (QED) is 0.351. The molecule has 0 rings (SSSR count). The molecule has 0 bridgehead atoms. The molecule has 7 heteroatoms. The first-order valence-electron chi connectivity index (χ1n) is 3.61. The molecule has 0 aliphatic carbocycles. The highest BCUT2D eigenvalue weighted by atomic mass is 16.2. The molecule has 0 aromatic heterocycles. The minimum atomic E-state index is -0.793. The molecule has 0 fully saturated rings. The molecule has 0 aromatic rings. The van der Waals surface area contributed by atoms with Gasteiger partial charge in [-0.15, -0.1) is 0 Å². The van der Waals surface area contributed by atoms with Gasteiger partial charge in [-0.1, -0.05) is 5.11 Å². The number of carbonyl (C=O) groups excluding carboxylic acids is 2. The summed E-state index contributed by atoms with van der Waals surface area (Å²) >= 11 is 0. The summed E-state index contributed by atoms with van der Waals surface area (Å²) in [6.45, 7) is 1.20. The van der Waals surface area contributed by atoms with E-state index in [2.05, 4.69) is 20.7 Å². The molecule has 2 amide bonds. The minimum Gasteiger partial charge on any atom is -0.357 e. The lowest BCUT2D eigenvalue weighted by atomic mass is 10.3. The molecule has 0 saturated carbocycles. The Morgan fingerprint density at radius 1 is 1.62 bits per heavy atom. The summed E-state index contributed by atoms with van der Waals surface area (Å²) in [6.07, 6.45) is 0. The molecule has 0 heterocycles. The fourth-order valence-electron chi connectivity index (χ4n) is 0.732. The summed E-state index contributed by atoms with van der Waals surface area (Å²) < 4.78 is 0. The van der Waals surface area contributed by atoms with Gasteiger partial charge < -0.3 is 10.6 Å². The average molecular weight is 185 g/mol. The van der Waals surface area contributed by atoms with E-state index in [1.54, 1.807) is 0 Å². The lowest BCUT2D eigenvalue weighted by Gasteiger charge is -2.12. The third-order valence-corrected chi connectivity index (χ3v) is 1.27. The van der Waals surface area contributed by atoms with Crippen LogP contribution in [0.5, 0.6) is 0 Å². The van der Waals surface area contributed by atoms with Crippen molar-refractivity contribution in [2.75, 3.05) is 13.6 Å². The molecule has 7 nitrogen and oxygen atoms in total. The fourth-order valence-corrected chi connectivity index (χ4v) is 0.732. The first kappa shape index (κ1) is 11.2. The summed E-state index contributed by atoms with van der Waals surface area (Å²) in [7, 11) is 1.44. The number of azide groups is 1. The van der Waals surface area contributed by atoms with E-state index in [0.29, 0.717) is 0 Å². The number of carbonyl (C=O) groups is 2. The smallest absolute Gasteiger partial charge is 0.242 e. The molecule has 2 N–H and O–H groups in total. The molecular formula is C6H11N5O2. The Balaban J connectivity index is 4.25. The third kappa shape index (κ3) is 4.65. The summed E-state index contributed by atoms with van der Waals surface area (Å²) in [4.78, 5) is 24.1. The number of rotatable bonds is 4. The van der Waals surface area contributed by atoms with Crippen molar-refractivity contribution in [1.82, 2.24) is 10.6 Å². The van der Waals surface area contributed by atoms with Gasteiger partial charge in [0.1, 0.15) is 6.04 Å². The Morgan fingerprint density at radius 3 is 2.62 bits per heavy atom. The van der Waals surface area contributed by atoms with Crippen LogP contribution in [-0.2, 0) is 9.59 Å². The highest BCUT2D eigenvalue weighted by Crippen LogP contribution is 1.86. The Bertz CT molecular complexity index is 241. The molecule has 1 atom stereocenters. The van der Waals surface area contributed by atoms with Gasteiger partial charge in [0.2, 0.25) is 11.8 Å². The largest absolute Gasteiger partial charge is 0.357 e. The van der Waals surface area contributed by atoms with Crippen LogP contribution in [0.1, 0.15) is 6.92 Å². The Labute approximate surface area is 75.1 Å². The zero-order valence-electron chi connectivity index (χ0n) is 7.44. The second-order valence-electron chi connectivity index (χ2n) is 2.28. The molecule has 0 aliphatic rings. The van der Waals surface area contributed by atoms with Crippen LogP contribution in [0.15, 0.2) is 5.11 Å². The van der Waals surface area contributed by atoms with E-state index in [-0.39, 0.29) is 18.4 Å². The maximum atomic E-state index is 11.0. The maximum Gasteiger partial charge on any atom is 0.242 e. The zero-order valence-corrected chi connectivity index (χ0v) is 7.44. The summed E-state index contributed by atoms with van der Waals surface area (Å²) in [5, 5.41) is 7.89. The summed E-state index contributed by atoms with van der Waals surface area (Å²) in [5.74, 6) is -0.732. The van der Waals surface area contributed by atoms with Gasteiger partial charge in [0.05, 0.1) is 6.54 Å². The van der Waals surface area contributed by atoms with E-state index < -0.39 is 6.04 Å². The highest BCUT2D eigenvalue weighted by molar-refractivity contribution is 5.86. The van der Waals surface area contributed by atoms with Gasteiger partial charge in [-0.3, -0.25) is 9.59 Å². The molecule has 13 heavy (non-hydrogen) atoms. The number of hydrogen-bond donors (Lipinski definition) is 2. The van der Waals surface area contributed by atoms with Crippen LogP contribution in [0.2, 0.25) is 0 Å². The number of nitrogens with zero attached hydrogens (tertiary/aromatic N) is 3. The average Bonchev–Trinajstić information content (AvgIpc) is 2.10. The van der Waals surface area contributed by atoms with E-state index in [1.807, 2.05) is 0 Å². The first-order chi connectivity index (χ1) is 6.11. The second kappa shape index (κ2) is 5.84. The van der Waals surface area contributed by atoms with E-state index >= 15 is 0 Å². The lowest BCUT2D eigenvalue weighted by molar-refractivity contribution is -0.127. The zero-order chi connectivity index (χ0) is 10.3. The number of amides is 2.